The molecule has 0 saturated carbocycles. The molecule has 0 bridgehead atoms. The van der Waals surface area contributed by atoms with Crippen LogP contribution >= 0.6 is 113 Å². The monoisotopic (exact) mass is 1260 g/mol. The van der Waals surface area contributed by atoms with Crippen molar-refractivity contribution in [2.24, 2.45) is 0 Å². The molecule has 0 unspecified atom stereocenters. The highest BCUT2D eigenvalue weighted by Crippen LogP contribution is 2.21. The van der Waals surface area contributed by atoms with Crippen molar-refractivity contribution in [2.45, 2.75) is 53.8 Å². The molecule has 0 saturated heterocycles. The van der Waals surface area contributed by atoms with Crippen LogP contribution in [-0.4, -0.2) is 31.5 Å². The van der Waals surface area contributed by atoms with Crippen molar-refractivity contribution in [3.8, 4) is 17.6 Å². The summed E-state index contributed by atoms with van der Waals surface area (Å²) >= 11 is 10.9. The maximum absolute atomic E-state index is 10.4. The number of nitrogens with zero attached hydrogens (tertiary/aromatic N) is 1. The second-order valence-corrected chi connectivity index (χ2v) is 16.8. The number of rotatable bonds is 5. The van der Waals surface area contributed by atoms with Gasteiger partial charge in [0.05, 0.1) is 38.4 Å². The normalized spacial score (nSPS) is 9.65. The molecular weight excluding hydrogens is 1220 g/mol. The molecule has 5 aromatic carbocycles. The summed E-state index contributed by atoms with van der Waals surface area (Å²) < 4.78 is 5.30. The Hall–Kier alpha value is -1.77. The number of phenols is 2. The number of halogens is 5. The Morgan fingerprint density at radius 1 is 0.577 bits per heavy atom. The van der Waals surface area contributed by atoms with Crippen LogP contribution < -0.4 is 0 Å². The van der Waals surface area contributed by atoms with Gasteiger partial charge in [-0.05, 0) is 228 Å². The first-order valence-electron chi connectivity index (χ1n) is 15.6. The van der Waals surface area contributed by atoms with Crippen molar-refractivity contribution in [2.75, 3.05) is 0 Å². The van der Waals surface area contributed by atoms with Crippen LogP contribution in [0.3, 0.4) is 0 Å². The second kappa shape index (κ2) is 26.1. The lowest BCUT2D eigenvalue weighted by atomic mass is 10.1. The number of aliphatic hydroxyl groups is 2. The number of nitriles is 1. The van der Waals surface area contributed by atoms with Gasteiger partial charge in [-0.25, -0.2) is 4.79 Å². The summed E-state index contributed by atoms with van der Waals surface area (Å²) in [6, 6.07) is 30.1. The largest absolute Gasteiger partial charge is 0.507 e. The molecule has 12 heteroatoms. The van der Waals surface area contributed by atoms with E-state index in [0.717, 1.165) is 26.7 Å². The van der Waals surface area contributed by atoms with Gasteiger partial charge in [0.25, 0.3) is 0 Å². The van der Waals surface area contributed by atoms with Crippen LogP contribution in [0, 0.1) is 50.0 Å². The lowest BCUT2D eigenvalue weighted by Crippen LogP contribution is -1.95. The number of aromatic hydroxyl groups is 2. The highest BCUT2D eigenvalue weighted by Gasteiger charge is 2.05. The third-order valence-corrected chi connectivity index (χ3v) is 12.4. The van der Waals surface area contributed by atoms with E-state index in [1.807, 2.05) is 82.4 Å². The summed E-state index contributed by atoms with van der Waals surface area (Å²) in [6.07, 6.45) is 1.65. The number of hydrogen-bond acceptors (Lipinski definition) is 6. The van der Waals surface area contributed by atoms with E-state index in [0.29, 0.717) is 9.99 Å². The first-order valence-corrected chi connectivity index (χ1v) is 21.0. The van der Waals surface area contributed by atoms with Gasteiger partial charge in [-0.1, -0.05) is 49.4 Å². The highest BCUT2D eigenvalue weighted by molar-refractivity contribution is 14.1. The van der Waals surface area contributed by atoms with Gasteiger partial charge in [0.2, 0.25) is 0 Å². The van der Waals surface area contributed by atoms with Gasteiger partial charge >= 0.3 is 5.97 Å². The molecule has 0 aliphatic rings. The Morgan fingerprint density at radius 3 is 1.33 bits per heavy atom. The molecule has 0 atom stereocenters. The molecular formula is C40H40I5NO6. The van der Waals surface area contributed by atoms with Gasteiger partial charge in [0.15, 0.2) is 0 Å². The van der Waals surface area contributed by atoms with Gasteiger partial charge < -0.3 is 25.5 Å². The van der Waals surface area contributed by atoms with Crippen molar-refractivity contribution in [1.29, 1.82) is 5.26 Å². The molecule has 52 heavy (non-hydrogen) atoms. The number of benzene rings is 5. The van der Waals surface area contributed by atoms with E-state index < -0.39 is 5.97 Å². The molecule has 0 radical (unpaired) electrons. The number of aryl methyl sites for hydroxylation is 4. The summed E-state index contributed by atoms with van der Waals surface area (Å²) in [6.45, 7) is 8.55. The molecule has 0 aliphatic carbocycles. The molecule has 276 valence electrons. The van der Waals surface area contributed by atoms with Crippen molar-refractivity contribution in [1.82, 2.24) is 0 Å². The maximum atomic E-state index is 10.4. The number of hydrogen-bond donors (Lipinski definition) is 5. The fraction of sp³-hybridized carbons (Fsp3) is 0.200. The average molecular weight is 1270 g/mol. The van der Waals surface area contributed by atoms with Crippen molar-refractivity contribution in [3.63, 3.8) is 0 Å². The number of phenolic OH excluding ortho intramolecular Hbond substituents is 2. The van der Waals surface area contributed by atoms with Gasteiger partial charge in [-0.15, -0.1) is 0 Å². The molecule has 0 fully saturated rings. The lowest BCUT2D eigenvalue weighted by molar-refractivity contribution is 0.0696. The van der Waals surface area contributed by atoms with Gasteiger partial charge in [0, 0.05) is 10.7 Å². The quantitative estimate of drug-likeness (QED) is 0.110. The summed E-state index contributed by atoms with van der Waals surface area (Å²) in [5.41, 5.74) is 8.22. The first-order chi connectivity index (χ1) is 24.6. The molecule has 5 N–H and O–H groups in total. The van der Waals surface area contributed by atoms with Crippen LogP contribution in [0.2, 0.25) is 0 Å². The first kappa shape index (κ1) is 48.2. The standard InChI is InChI=1S/C9H8IN.C9H11I.C8H9IO.C7H5IO3.C7H7IO2/c1-7-6-8(4-5-11)2-3-9(7)10;1-3-8-4-5-9(10)7(2)6-8;1-6-4-7(5-10)2-3-8(6)9;8-5-2-1-4(7(10)11)3-6(5)9;8-6-2-1-5(4-9)3-7(6)10/h2-3,6H,4H2,1H3;4-6H,3H2,1-2H3;2-4,10H,5H2,1H3;1-3,9H,(H,10,11);1-3,9-10H,4H2. The van der Waals surface area contributed by atoms with E-state index in [2.05, 4.69) is 119 Å². The minimum absolute atomic E-state index is 0.00509. The molecule has 0 amide bonds. The van der Waals surface area contributed by atoms with Crippen LogP contribution in [0.5, 0.6) is 11.5 Å². The van der Waals surface area contributed by atoms with E-state index >= 15 is 0 Å². The van der Waals surface area contributed by atoms with Gasteiger partial charge in [-0.3, -0.25) is 0 Å². The summed E-state index contributed by atoms with van der Waals surface area (Å²) in [5, 5.41) is 52.5. The minimum atomic E-state index is -1.03. The van der Waals surface area contributed by atoms with Crippen LogP contribution in [0.1, 0.15) is 56.2 Å². The number of carboxylic acids is 1. The molecule has 5 rings (SSSR count). The molecule has 0 aliphatic heterocycles. The van der Waals surface area contributed by atoms with E-state index in [1.54, 1.807) is 24.3 Å². The summed E-state index contributed by atoms with van der Waals surface area (Å²) in [4.78, 5) is 10.4. The number of aromatic carboxylic acids is 1. The Balaban J connectivity index is 0.000000325. The third-order valence-electron chi connectivity index (χ3n) is 6.93. The van der Waals surface area contributed by atoms with Crippen molar-refractivity contribution < 1.29 is 30.3 Å². The van der Waals surface area contributed by atoms with Gasteiger partial charge in [-0.2, -0.15) is 5.26 Å². The Morgan fingerprint density at radius 2 is 0.942 bits per heavy atom. The summed E-state index contributed by atoms with van der Waals surface area (Å²) in [5.74, 6) is -0.797. The number of carboxylic acid groups (broad SMARTS) is 1. The molecule has 0 aromatic heterocycles. The maximum Gasteiger partial charge on any atom is 0.335 e. The molecule has 0 spiro atoms. The summed E-state index contributed by atoms with van der Waals surface area (Å²) in [7, 11) is 0. The average Bonchev–Trinajstić information content (AvgIpc) is 3.12. The highest BCUT2D eigenvalue weighted by atomic mass is 127. The second-order valence-electron chi connectivity index (χ2n) is 11.0. The smallest absolute Gasteiger partial charge is 0.335 e. The fourth-order valence-electron chi connectivity index (χ4n) is 3.94. The molecule has 5 aromatic rings. The van der Waals surface area contributed by atoms with Crippen molar-refractivity contribution in [3.05, 3.63) is 153 Å². The van der Waals surface area contributed by atoms with E-state index in [9.17, 15) is 4.79 Å². The van der Waals surface area contributed by atoms with Crippen LogP contribution in [0.25, 0.3) is 0 Å². The van der Waals surface area contributed by atoms with Gasteiger partial charge in [0.1, 0.15) is 11.5 Å². The zero-order chi connectivity index (χ0) is 39.4. The predicted molar refractivity (Wildman–Crippen MR) is 251 cm³/mol. The van der Waals surface area contributed by atoms with E-state index in [1.165, 1.54) is 45.1 Å². The van der Waals surface area contributed by atoms with Crippen LogP contribution in [-0.2, 0) is 26.1 Å². The lowest BCUT2D eigenvalue weighted by Gasteiger charge is -1.99. The Labute approximate surface area is 374 Å². The molecule has 7 nitrogen and oxygen atoms in total. The minimum Gasteiger partial charge on any atom is -0.507 e. The zero-order valence-electron chi connectivity index (χ0n) is 29.0. The Bertz CT molecular complexity index is 1820. The topological polar surface area (TPSA) is 142 Å². The molecule has 0 heterocycles. The van der Waals surface area contributed by atoms with E-state index in [-0.39, 0.29) is 30.3 Å². The fourth-order valence-corrected chi connectivity index (χ4v) is 5.62. The predicted octanol–water partition coefficient (Wildman–Crippen LogP) is 11.1. The SMILES string of the molecule is CCc1ccc(I)c(C)c1.Cc1cc(CC#N)ccc1I.Cc1cc(CO)ccc1I.O=C(O)c1ccc(I)c(O)c1.OCc1ccc(I)c(O)c1. The number of carbonyl (C=O) groups is 1. The zero-order valence-corrected chi connectivity index (χ0v) is 39.8. The third kappa shape index (κ3) is 18.5. The van der Waals surface area contributed by atoms with Crippen LogP contribution in [0.4, 0.5) is 0 Å². The van der Waals surface area contributed by atoms with Crippen LogP contribution in [0.15, 0.2) is 91.0 Å². The Kier molecular flexibility index (Phi) is 24.2. The van der Waals surface area contributed by atoms with Crippen molar-refractivity contribution >= 4 is 119 Å². The van der Waals surface area contributed by atoms with E-state index in [4.69, 9.17) is 30.8 Å². The number of aliphatic hydroxyl groups excluding tert-OH is 2.